The molecule has 1 amide bonds. The van der Waals surface area contributed by atoms with Gasteiger partial charge in [0.05, 0.1) is 25.3 Å². The maximum atomic E-state index is 13.1. The second kappa shape index (κ2) is 6.85. The molecule has 1 N–H and O–H groups in total. The molecule has 8 nitrogen and oxygen atoms in total. The Bertz CT molecular complexity index is 1200. The number of para-hydroxylation sites is 1. The van der Waals surface area contributed by atoms with Crippen molar-refractivity contribution in [2.45, 2.75) is 26.9 Å². The lowest BCUT2D eigenvalue weighted by Crippen LogP contribution is -2.45. The summed E-state index contributed by atoms with van der Waals surface area (Å²) < 4.78 is 1.38. The third-order valence-corrected chi connectivity index (χ3v) is 4.81. The summed E-state index contributed by atoms with van der Waals surface area (Å²) in [6.07, 6.45) is 0. The Morgan fingerprint density at radius 2 is 2.00 bits per heavy atom. The number of H-pyrrole nitrogens is 1. The van der Waals surface area contributed by atoms with Gasteiger partial charge in [0.2, 0.25) is 0 Å². The Morgan fingerprint density at radius 1 is 1.21 bits per heavy atom. The number of nitrogens with one attached hydrogen (secondary N) is 1. The van der Waals surface area contributed by atoms with Gasteiger partial charge in [-0.1, -0.05) is 24.1 Å². The van der Waals surface area contributed by atoms with Crippen LogP contribution in [-0.4, -0.2) is 44.0 Å². The smallest absolute Gasteiger partial charge is 0.328 e. The van der Waals surface area contributed by atoms with Crippen LogP contribution in [0.25, 0.3) is 10.9 Å². The van der Waals surface area contributed by atoms with Crippen LogP contribution in [-0.2, 0) is 13.1 Å². The highest BCUT2D eigenvalue weighted by Crippen LogP contribution is 2.24. The minimum atomic E-state index is -0.340. The van der Waals surface area contributed by atoms with Gasteiger partial charge in [-0.2, -0.15) is 0 Å². The molecule has 0 aliphatic carbocycles. The number of fused-ring (bicyclic) bond motifs is 2. The highest BCUT2D eigenvalue weighted by atomic mass is 16.2. The van der Waals surface area contributed by atoms with E-state index in [9.17, 15) is 9.59 Å². The third-order valence-electron chi connectivity index (χ3n) is 4.81. The second-order valence-electron chi connectivity index (χ2n) is 6.73. The summed E-state index contributed by atoms with van der Waals surface area (Å²) in [5.74, 6) is 6.45. The normalized spacial score (nSPS) is 13.5. The summed E-state index contributed by atoms with van der Waals surface area (Å²) in [6, 6.07) is 7.79. The van der Waals surface area contributed by atoms with Crippen molar-refractivity contribution in [3.63, 3.8) is 0 Å². The number of amides is 1. The van der Waals surface area contributed by atoms with Crippen molar-refractivity contribution in [2.75, 3.05) is 18.6 Å². The molecule has 4 rings (SSSR count). The molecule has 1 aliphatic heterocycles. The van der Waals surface area contributed by atoms with Crippen molar-refractivity contribution in [1.29, 1.82) is 0 Å². The van der Waals surface area contributed by atoms with E-state index in [1.807, 2.05) is 43.1 Å². The topological polar surface area (TPSA) is 87.1 Å². The van der Waals surface area contributed by atoms with Gasteiger partial charge in [-0.3, -0.25) is 14.3 Å². The molecule has 0 spiro atoms. The van der Waals surface area contributed by atoms with E-state index in [1.54, 1.807) is 11.8 Å². The monoisotopic (exact) mass is 376 g/mol. The average Bonchev–Trinajstić information content (AvgIpc) is 3.01. The summed E-state index contributed by atoms with van der Waals surface area (Å²) in [6.45, 7) is 4.39. The van der Waals surface area contributed by atoms with Crippen molar-refractivity contribution in [1.82, 2.24) is 24.4 Å². The van der Waals surface area contributed by atoms with E-state index in [1.165, 1.54) is 4.57 Å². The molecule has 142 valence electrons. The number of rotatable bonds is 3. The summed E-state index contributed by atoms with van der Waals surface area (Å²) >= 11 is 0. The summed E-state index contributed by atoms with van der Waals surface area (Å²) in [5.41, 5.74) is 1.70. The maximum Gasteiger partial charge on any atom is 0.328 e. The first-order valence-corrected chi connectivity index (χ1v) is 8.94. The van der Waals surface area contributed by atoms with Crippen molar-refractivity contribution in [3.8, 4) is 11.8 Å². The van der Waals surface area contributed by atoms with Gasteiger partial charge >= 0.3 is 5.69 Å². The quantitative estimate of drug-likeness (QED) is 0.700. The predicted octanol–water partition coefficient (Wildman–Crippen LogP) is 1.50. The number of aryl methyl sites for hydroxylation is 1. The Morgan fingerprint density at radius 3 is 2.79 bits per heavy atom. The predicted molar refractivity (Wildman–Crippen MR) is 106 cm³/mol. The minimum absolute atomic E-state index is 0.167. The average molecular weight is 376 g/mol. The van der Waals surface area contributed by atoms with Gasteiger partial charge in [-0.15, -0.1) is 5.92 Å². The molecule has 0 saturated heterocycles. The van der Waals surface area contributed by atoms with Crippen LogP contribution in [0.4, 0.5) is 5.82 Å². The first-order chi connectivity index (χ1) is 13.5. The third kappa shape index (κ3) is 2.91. The molecule has 3 aromatic rings. The van der Waals surface area contributed by atoms with Crippen molar-refractivity contribution in [3.05, 3.63) is 52.0 Å². The molecule has 0 radical (unpaired) electrons. The van der Waals surface area contributed by atoms with Gasteiger partial charge < -0.3 is 9.80 Å². The zero-order chi connectivity index (χ0) is 19.8. The van der Waals surface area contributed by atoms with Crippen LogP contribution in [0.1, 0.15) is 28.9 Å². The number of anilines is 1. The zero-order valence-corrected chi connectivity index (χ0v) is 16.0. The van der Waals surface area contributed by atoms with Crippen molar-refractivity contribution < 1.29 is 4.79 Å². The van der Waals surface area contributed by atoms with Crippen molar-refractivity contribution in [2.24, 2.45) is 0 Å². The number of aromatic amines is 1. The van der Waals surface area contributed by atoms with E-state index in [0.29, 0.717) is 24.0 Å². The Hall–Kier alpha value is -3.60. The van der Waals surface area contributed by atoms with Gasteiger partial charge in [0.15, 0.2) is 5.69 Å². The molecule has 0 saturated carbocycles. The van der Waals surface area contributed by atoms with Crippen LogP contribution >= 0.6 is 0 Å². The highest BCUT2D eigenvalue weighted by molar-refractivity contribution is 5.99. The molecule has 0 unspecified atom stereocenters. The number of benzene rings is 1. The van der Waals surface area contributed by atoms with Gasteiger partial charge in [0, 0.05) is 18.1 Å². The lowest BCUT2D eigenvalue weighted by atomic mass is 10.2. The molecule has 0 bridgehead atoms. The van der Waals surface area contributed by atoms with Crippen LogP contribution in [0.2, 0.25) is 0 Å². The zero-order valence-electron chi connectivity index (χ0n) is 16.0. The first-order valence-electron chi connectivity index (χ1n) is 8.94. The SMILES string of the molecule is CC#CCn1c2c([nH]c1=O)N(C)CN(Cc1nc(C)c3ccccc3n1)C2=O. The number of carbonyl (C=O) groups excluding carboxylic acids is 1. The number of hydrogen-bond donors (Lipinski definition) is 1. The van der Waals surface area contributed by atoms with E-state index < -0.39 is 0 Å². The number of aromatic nitrogens is 4. The van der Waals surface area contributed by atoms with Crippen molar-refractivity contribution >= 4 is 22.6 Å². The Labute approximate surface area is 161 Å². The standard InChI is InChI=1S/C20H20N6O2/c1-4-5-10-26-17-18(23-20(26)28)24(3)12-25(19(17)27)11-16-21-13(2)14-8-6-7-9-15(14)22-16/h6-9H,10-12H2,1-3H3,(H,23,28). The minimum Gasteiger partial charge on any atom is -0.341 e. The first kappa shape index (κ1) is 17.8. The number of carbonyl (C=O) groups is 1. The lowest BCUT2D eigenvalue weighted by Gasteiger charge is -2.33. The van der Waals surface area contributed by atoms with E-state index in [0.717, 1.165) is 16.6 Å². The van der Waals surface area contributed by atoms with E-state index in [4.69, 9.17) is 0 Å². The molecule has 0 atom stereocenters. The number of imidazole rings is 1. The second-order valence-corrected chi connectivity index (χ2v) is 6.73. The number of nitrogens with zero attached hydrogens (tertiary/aromatic N) is 5. The molecule has 1 aromatic carbocycles. The summed E-state index contributed by atoms with van der Waals surface area (Å²) in [4.78, 5) is 40.8. The number of hydrogen-bond acceptors (Lipinski definition) is 5. The molecule has 2 aromatic heterocycles. The molecule has 28 heavy (non-hydrogen) atoms. The van der Waals surface area contributed by atoms with Gasteiger partial charge in [0.25, 0.3) is 5.91 Å². The van der Waals surface area contributed by atoms with Gasteiger partial charge in [0.1, 0.15) is 11.6 Å². The molecule has 8 heteroatoms. The molecule has 1 aliphatic rings. The van der Waals surface area contributed by atoms with E-state index in [2.05, 4.69) is 26.8 Å². The Kier molecular flexibility index (Phi) is 4.35. The fraction of sp³-hybridized carbons (Fsp3) is 0.300. The largest absolute Gasteiger partial charge is 0.341 e. The Balaban J connectivity index is 1.70. The summed E-state index contributed by atoms with van der Waals surface area (Å²) in [7, 11) is 1.83. The molecular weight excluding hydrogens is 356 g/mol. The summed E-state index contributed by atoms with van der Waals surface area (Å²) in [5, 5.41) is 0.994. The highest BCUT2D eigenvalue weighted by Gasteiger charge is 2.33. The van der Waals surface area contributed by atoms with Crippen LogP contribution in [0, 0.1) is 18.8 Å². The molecule has 0 fully saturated rings. The maximum absolute atomic E-state index is 13.1. The van der Waals surface area contributed by atoms with E-state index >= 15 is 0 Å². The lowest BCUT2D eigenvalue weighted by molar-refractivity contribution is 0.0715. The molecular formula is C20H20N6O2. The van der Waals surface area contributed by atoms with Crippen LogP contribution in [0.15, 0.2) is 29.1 Å². The van der Waals surface area contributed by atoms with Gasteiger partial charge in [-0.25, -0.2) is 14.8 Å². The van der Waals surface area contributed by atoms with Crippen LogP contribution in [0.3, 0.4) is 0 Å². The van der Waals surface area contributed by atoms with Gasteiger partial charge in [-0.05, 0) is 19.9 Å². The fourth-order valence-electron chi connectivity index (χ4n) is 3.46. The fourth-order valence-corrected chi connectivity index (χ4v) is 3.46. The van der Waals surface area contributed by atoms with E-state index in [-0.39, 0.29) is 24.7 Å². The molecule has 3 heterocycles. The van der Waals surface area contributed by atoms with Crippen LogP contribution in [0.5, 0.6) is 0 Å². The van der Waals surface area contributed by atoms with Crippen LogP contribution < -0.4 is 10.6 Å².